The molecule has 2 fully saturated rings. The second kappa shape index (κ2) is 6.27. The average Bonchev–Trinajstić information content (AvgIpc) is 3.16. The number of nitrogens with zero attached hydrogens (tertiary/aromatic N) is 1. The van der Waals surface area contributed by atoms with Crippen molar-refractivity contribution in [2.24, 2.45) is 17.6 Å². The predicted molar refractivity (Wildman–Crippen MR) is 82.5 cm³/mol. The summed E-state index contributed by atoms with van der Waals surface area (Å²) in [5.41, 5.74) is 7.07. The summed E-state index contributed by atoms with van der Waals surface area (Å²) >= 11 is 1.73. The van der Waals surface area contributed by atoms with Gasteiger partial charge in [-0.25, -0.2) is 0 Å². The molecule has 1 atom stereocenters. The van der Waals surface area contributed by atoms with E-state index in [2.05, 4.69) is 21.7 Å². The van der Waals surface area contributed by atoms with Crippen LogP contribution in [0.5, 0.6) is 0 Å². The summed E-state index contributed by atoms with van der Waals surface area (Å²) in [5.74, 6) is 1.29. The first-order valence-electron chi connectivity index (χ1n) is 7.82. The summed E-state index contributed by atoms with van der Waals surface area (Å²) in [6, 6.07) is 2.51. The van der Waals surface area contributed by atoms with E-state index in [4.69, 9.17) is 5.73 Å². The minimum atomic E-state index is 0.247. The maximum absolute atomic E-state index is 12.8. The SMILES string of the molecule is NCC1CCC(C(=O)N2CCCC2c2ccsc2)CC1. The highest BCUT2D eigenvalue weighted by atomic mass is 32.1. The lowest BCUT2D eigenvalue weighted by Gasteiger charge is -2.32. The monoisotopic (exact) mass is 292 g/mol. The highest BCUT2D eigenvalue weighted by molar-refractivity contribution is 7.07. The molecule has 20 heavy (non-hydrogen) atoms. The Morgan fingerprint density at radius 1 is 1.30 bits per heavy atom. The molecule has 110 valence electrons. The van der Waals surface area contributed by atoms with Gasteiger partial charge >= 0.3 is 0 Å². The number of nitrogens with two attached hydrogens (primary N) is 1. The quantitative estimate of drug-likeness (QED) is 0.930. The van der Waals surface area contributed by atoms with Crippen LogP contribution >= 0.6 is 11.3 Å². The zero-order valence-corrected chi connectivity index (χ0v) is 12.8. The van der Waals surface area contributed by atoms with Gasteiger partial charge in [0.1, 0.15) is 0 Å². The van der Waals surface area contributed by atoms with Gasteiger partial charge in [-0.15, -0.1) is 0 Å². The Labute approximate surface area is 125 Å². The lowest BCUT2D eigenvalue weighted by molar-refractivity contribution is -0.137. The molecular weight excluding hydrogens is 268 g/mol. The van der Waals surface area contributed by atoms with E-state index in [-0.39, 0.29) is 5.92 Å². The molecule has 0 spiro atoms. The molecule has 3 rings (SSSR count). The third kappa shape index (κ3) is 2.77. The Kier molecular flexibility index (Phi) is 4.41. The molecule has 0 aromatic carbocycles. The molecule has 1 aliphatic heterocycles. The first-order chi connectivity index (χ1) is 9.79. The Bertz CT molecular complexity index is 437. The van der Waals surface area contributed by atoms with E-state index in [1.165, 1.54) is 5.56 Å². The summed E-state index contributed by atoms with van der Waals surface area (Å²) in [4.78, 5) is 14.9. The Morgan fingerprint density at radius 2 is 2.10 bits per heavy atom. The lowest BCUT2D eigenvalue weighted by Crippen LogP contribution is -2.37. The fourth-order valence-electron chi connectivity index (χ4n) is 3.72. The van der Waals surface area contributed by atoms with E-state index in [1.807, 2.05) is 0 Å². The number of carbonyl (C=O) groups excluding carboxylic acids is 1. The summed E-state index contributed by atoms with van der Waals surface area (Å²) in [6.45, 7) is 1.72. The van der Waals surface area contributed by atoms with Crippen LogP contribution in [-0.4, -0.2) is 23.9 Å². The summed E-state index contributed by atoms with van der Waals surface area (Å²) in [5, 5.41) is 4.31. The number of likely N-dealkylation sites (tertiary alicyclic amines) is 1. The van der Waals surface area contributed by atoms with Crippen LogP contribution in [0.4, 0.5) is 0 Å². The van der Waals surface area contributed by atoms with Crippen LogP contribution in [0.25, 0.3) is 0 Å². The maximum atomic E-state index is 12.8. The standard InChI is InChI=1S/C16H24N2OS/c17-10-12-3-5-13(6-4-12)16(19)18-8-1-2-15(18)14-7-9-20-11-14/h7,9,11-13,15H,1-6,8,10,17H2. The largest absolute Gasteiger partial charge is 0.335 e. The van der Waals surface area contributed by atoms with Crippen LogP contribution < -0.4 is 5.73 Å². The minimum Gasteiger partial charge on any atom is -0.335 e. The predicted octanol–water partition coefficient (Wildman–Crippen LogP) is 3.18. The van der Waals surface area contributed by atoms with Crippen molar-refractivity contribution >= 4 is 17.2 Å². The molecule has 1 saturated heterocycles. The molecule has 1 aliphatic carbocycles. The number of hydrogen-bond donors (Lipinski definition) is 1. The van der Waals surface area contributed by atoms with Gasteiger partial charge in [0.2, 0.25) is 5.91 Å². The Morgan fingerprint density at radius 3 is 2.75 bits per heavy atom. The number of amides is 1. The van der Waals surface area contributed by atoms with Crippen molar-refractivity contribution < 1.29 is 4.79 Å². The molecule has 1 aromatic heterocycles. The van der Waals surface area contributed by atoms with Crippen LogP contribution in [0, 0.1) is 11.8 Å². The molecule has 1 amide bonds. The van der Waals surface area contributed by atoms with Crippen molar-refractivity contribution in [1.29, 1.82) is 0 Å². The van der Waals surface area contributed by atoms with E-state index >= 15 is 0 Å². The highest BCUT2D eigenvalue weighted by Gasteiger charge is 2.35. The van der Waals surface area contributed by atoms with Gasteiger partial charge < -0.3 is 10.6 Å². The third-order valence-electron chi connectivity index (χ3n) is 4.99. The first-order valence-corrected chi connectivity index (χ1v) is 8.76. The zero-order chi connectivity index (χ0) is 13.9. The van der Waals surface area contributed by atoms with Crippen LogP contribution in [0.15, 0.2) is 16.8 Å². The van der Waals surface area contributed by atoms with Crippen molar-refractivity contribution in [3.63, 3.8) is 0 Å². The van der Waals surface area contributed by atoms with Crippen LogP contribution in [0.1, 0.15) is 50.1 Å². The minimum absolute atomic E-state index is 0.247. The van der Waals surface area contributed by atoms with E-state index in [0.29, 0.717) is 17.9 Å². The third-order valence-corrected chi connectivity index (χ3v) is 5.69. The normalized spacial score (nSPS) is 30.6. The Balaban J connectivity index is 1.65. The van der Waals surface area contributed by atoms with Gasteiger partial charge in [-0.3, -0.25) is 4.79 Å². The molecule has 2 heterocycles. The van der Waals surface area contributed by atoms with Crippen molar-refractivity contribution in [2.45, 2.75) is 44.6 Å². The number of thiophene rings is 1. The molecule has 1 unspecified atom stereocenters. The fourth-order valence-corrected chi connectivity index (χ4v) is 4.43. The van der Waals surface area contributed by atoms with Crippen molar-refractivity contribution in [3.8, 4) is 0 Å². The topological polar surface area (TPSA) is 46.3 Å². The summed E-state index contributed by atoms with van der Waals surface area (Å²) in [6.07, 6.45) is 6.60. The maximum Gasteiger partial charge on any atom is 0.226 e. The zero-order valence-electron chi connectivity index (χ0n) is 12.0. The van der Waals surface area contributed by atoms with E-state index < -0.39 is 0 Å². The van der Waals surface area contributed by atoms with Crippen molar-refractivity contribution in [2.75, 3.05) is 13.1 Å². The second-order valence-electron chi connectivity index (χ2n) is 6.20. The van der Waals surface area contributed by atoms with Crippen molar-refractivity contribution in [1.82, 2.24) is 4.90 Å². The van der Waals surface area contributed by atoms with Gasteiger partial charge in [0, 0.05) is 12.5 Å². The summed E-state index contributed by atoms with van der Waals surface area (Å²) < 4.78 is 0. The molecule has 0 radical (unpaired) electrons. The van der Waals surface area contributed by atoms with Gasteiger partial charge in [-0.2, -0.15) is 11.3 Å². The molecular formula is C16H24N2OS. The van der Waals surface area contributed by atoms with Crippen molar-refractivity contribution in [3.05, 3.63) is 22.4 Å². The Hall–Kier alpha value is -0.870. The molecule has 1 saturated carbocycles. The summed E-state index contributed by atoms with van der Waals surface area (Å²) in [7, 11) is 0. The molecule has 4 heteroatoms. The fraction of sp³-hybridized carbons (Fsp3) is 0.688. The number of rotatable bonds is 3. The lowest BCUT2D eigenvalue weighted by atomic mass is 9.81. The highest BCUT2D eigenvalue weighted by Crippen LogP contribution is 2.37. The van der Waals surface area contributed by atoms with E-state index in [9.17, 15) is 4.79 Å². The smallest absolute Gasteiger partial charge is 0.226 e. The van der Waals surface area contributed by atoms with E-state index in [1.54, 1.807) is 11.3 Å². The van der Waals surface area contributed by atoms with Crippen LogP contribution in [0.2, 0.25) is 0 Å². The van der Waals surface area contributed by atoms with Gasteiger partial charge in [0.05, 0.1) is 6.04 Å². The molecule has 2 N–H and O–H groups in total. The van der Waals surface area contributed by atoms with Crippen LogP contribution in [0.3, 0.4) is 0 Å². The van der Waals surface area contributed by atoms with Gasteiger partial charge in [-0.05, 0) is 73.4 Å². The van der Waals surface area contributed by atoms with Gasteiger partial charge in [0.25, 0.3) is 0 Å². The molecule has 3 nitrogen and oxygen atoms in total. The van der Waals surface area contributed by atoms with Crippen LogP contribution in [-0.2, 0) is 4.79 Å². The molecule has 0 bridgehead atoms. The molecule has 2 aliphatic rings. The second-order valence-corrected chi connectivity index (χ2v) is 6.98. The van der Waals surface area contributed by atoms with Gasteiger partial charge in [0.15, 0.2) is 0 Å². The van der Waals surface area contributed by atoms with Gasteiger partial charge in [-0.1, -0.05) is 0 Å². The number of carbonyl (C=O) groups is 1. The molecule has 1 aromatic rings. The first kappa shape index (κ1) is 14.1. The average molecular weight is 292 g/mol. The van der Waals surface area contributed by atoms with E-state index in [0.717, 1.165) is 51.6 Å². The number of hydrogen-bond acceptors (Lipinski definition) is 3.